The maximum absolute atomic E-state index is 14.7. The summed E-state index contributed by atoms with van der Waals surface area (Å²) in [5.74, 6) is -2.29. The van der Waals surface area contributed by atoms with E-state index in [0.29, 0.717) is 27.8 Å². The number of hydrogen-bond acceptors (Lipinski definition) is 10. The number of methoxy groups -OCH3 is 2. The number of ether oxygens (including phenoxy) is 6. The molecule has 0 aliphatic carbocycles. The number of ketones is 1. The number of fused-ring (bicyclic) bond motifs is 2. The Morgan fingerprint density at radius 3 is 1.94 bits per heavy atom. The van der Waals surface area contributed by atoms with Crippen LogP contribution in [0.1, 0.15) is 77.3 Å². The van der Waals surface area contributed by atoms with Crippen molar-refractivity contribution >= 4 is 23.8 Å². The second-order valence-corrected chi connectivity index (χ2v) is 13.5. The van der Waals surface area contributed by atoms with Crippen LogP contribution in [0.4, 0.5) is 0 Å². The minimum atomic E-state index is -1.51. The van der Waals surface area contributed by atoms with Gasteiger partial charge in [-0.3, -0.25) is 4.79 Å². The molecule has 10 heteroatoms. The molecule has 2 aliphatic heterocycles. The molecule has 0 aromatic heterocycles. The summed E-state index contributed by atoms with van der Waals surface area (Å²) >= 11 is 0. The lowest BCUT2D eigenvalue weighted by atomic mass is 9.86. The van der Waals surface area contributed by atoms with Crippen molar-refractivity contribution in [2.75, 3.05) is 14.2 Å². The van der Waals surface area contributed by atoms with Crippen molar-refractivity contribution in [3.8, 4) is 17.2 Å². The fourth-order valence-electron chi connectivity index (χ4n) is 6.52. The van der Waals surface area contributed by atoms with E-state index in [2.05, 4.69) is 6.58 Å². The number of aromatic hydroxyl groups is 1. The number of carbonyl (C=O) groups is 3. The number of rotatable bonds is 12. The van der Waals surface area contributed by atoms with E-state index in [1.54, 1.807) is 97.9 Å². The van der Waals surface area contributed by atoms with Gasteiger partial charge in [0.05, 0.1) is 5.56 Å². The minimum Gasteiger partial charge on any atom is -0.506 e. The Hall–Kier alpha value is -5.71. The van der Waals surface area contributed by atoms with Gasteiger partial charge in [-0.05, 0) is 55.2 Å². The zero-order valence-corrected chi connectivity index (χ0v) is 30.2. The first-order valence-corrected chi connectivity index (χ1v) is 17.2. The van der Waals surface area contributed by atoms with E-state index in [4.69, 9.17) is 28.4 Å². The monoisotopic (exact) mass is 718 g/mol. The molecule has 0 saturated carbocycles. The van der Waals surface area contributed by atoms with Crippen LogP contribution in [0.15, 0.2) is 109 Å². The van der Waals surface area contributed by atoms with Crippen molar-refractivity contribution in [1.82, 2.24) is 0 Å². The molecule has 4 aromatic rings. The summed E-state index contributed by atoms with van der Waals surface area (Å²) in [6.07, 6.45) is -2.35. The van der Waals surface area contributed by atoms with Gasteiger partial charge in [0, 0.05) is 26.2 Å². The number of esters is 2. The molecule has 1 N–H and O–H groups in total. The molecule has 0 saturated heterocycles. The Labute approximate surface area is 308 Å². The lowest BCUT2D eigenvalue weighted by molar-refractivity contribution is -0.164. The molecule has 0 amide bonds. The highest BCUT2D eigenvalue weighted by Gasteiger charge is 2.47. The quantitative estimate of drug-likeness (QED) is 0.116. The number of Topliss-reactive ketones (excluding diaryl/α,β-unsaturated/α-hetero) is 1. The molecule has 0 unspecified atom stereocenters. The van der Waals surface area contributed by atoms with Crippen LogP contribution < -0.4 is 9.47 Å². The zero-order chi connectivity index (χ0) is 37.9. The first kappa shape index (κ1) is 37.1. The standard InChI is InChI=1S/C43H42O10/c1-25(2)31(50-41(46)36(48-5)27-18-12-8-13-19-27)24-30-38-29(22-23-43(3,4)53-38)33(44)32-34(45)40(35(51-39(30)32)26-16-10-7-11-17-26)52-42(47)37(49-6)28-20-14-9-15-21-28/h7-23,31,35-37,40,44H,1,24H2,2-6H3/t31-,35-,36-,37-,40+/m1/s1. The van der Waals surface area contributed by atoms with Crippen molar-refractivity contribution < 1.29 is 47.9 Å². The molecule has 0 fully saturated rings. The fraction of sp³-hybridized carbons (Fsp3) is 0.279. The average molecular weight is 719 g/mol. The van der Waals surface area contributed by atoms with Crippen molar-refractivity contribution in [2.24, 2.45) is 0 Å². The Bertz CT molecular complexity index is 2020. The Balaban J connectivity index is 1.45. The van der Waals surface area contributed by atoms with Gasteiger partial charge in [-0.2, -0.15) is 0 Å². The minimum absolute atomic E-state index is 0.0125. The van der Waals surface area contributed by atoms with E-state index < -0.39 is 59.6 Å². The summed E-state index contributed by atoms with van der Waals surface area (Å²) in [5.41, 5.74) is 1.76. The number of hydrogen-bond donors (Lipinski definition) is 1. The zero-order valence-electron chi connectivity index (χ0n) is 30.2. The van der Waals surface area contributed by atoms with E-state index in [0.717, 1.165) is 0 Å². The molecular weight excluding hydrogens is 676 g/mol. The van der Waals surface area contributed by atoms with Crippen LogP contribution in [-0.4, -0.2) is 54.9 Å². The van der Waals surface area contributed by atoms with E-state index in [1.807, 2.05) is 26.0 Å². The van der Waals surface area contributed by atoms with Gasteiger partial charge in [0.15, 0.2) is 18.3 Å². The third-order valence-electron chi connectivity index (χ3n) is 9.23. The highest BCUT2D eigenvalue weighted by molar-refractivity contribution is 6.08. The van der Waals surface area contributed by atoms with Crippen molar-refractivity contribution in [2.45, 2.75) is 63.3 Å². The average Bonchev–Trinajstić information content (AvgIpc) is 3.15. The third-order valence-corrected chi connectivity index (χ3v) is 9.23. The van der Waals surface area contributed by atoms with Crippen LogP contribution in [0.5, 0.6) is 17.2 Å². The largest absolute Gasteiger partial charge is 0.506 e. The van der Waals surface area contributed by atoms with Gasteiger partial charge in [-0.15, -0.1) is 0 Å². The van der Waals surface area contributed by atoms with Crippen LogP contribution in [0, 0.1) is 0 Å². The highest BCUT2D eigenvalue weighted by Crippen LogP contribution is 2.52. The Kier molecular flexibility index (Phi) is 10.8. The summed E-state index contributed by atoms with van der Waals surface area (Å²) < 4.78 is 36.2. The highest BCUT2D eigenvalue weighted by atomic mass is 16.6. The number of phenolic OH excluding ortho intramolecular Hbond substituents is 1. The molecule has 274 valence electrons. The number of benzene rings is 4. The summed E-state index contributed by atoms with van der Waals surface area (Å²) in [6, 6.07) is 26.6. The topological polar surface area (TPSA) is 127 Å². The molecule has 2 aliphatic rings. The van der Waals surface area contributed by atoms with E-state index in [1.165, 1.54) is 14.2 Å². The van der Waals surface area contributed by atoms with Crippen LogP contribution in [0.3, 0.4) is 0 Å². The van der Waals surface area contributed by atoms with Crippen molar-refractivity contribution in [1.29, 1.82) is 0 Å². The Morgan fingerprint density at radius 2 is 1.40 bits per heavy atom. The van der Waals surface area contributed by atoms with E-state index in [9.17, 15) is 19.5 Å². The van der Waals surface area contributed by atoms with Gasteiger partial charge in [0.1, 0.15) is 34.5 Å². The normalized spacial score (nSPS) is 18.6. The van der Waals surface area contributed by atoms with E-state index in [-0.39, 0.29) is 29.0 Å². The second-order valence-electron chi connectivity index (χ2n) is 13.5. The van der Waals surface area contributed by atoms with Crippen molar-refractivity contribution in [3.63, 3.8) is 0 Å². The summed E-state index contributed by atoms with van der Waals surface area (Å²) in [4.78, 5) is 42.0. The maximum Gasteiger partial charge on any atom is 0.340 e. The van der Waals surface area contributed by atoms with Crippen LogP contribution >= 0.6 is 0 Å². The van der Waals surface area contributed by atoms with Crippen LogP contribution in [0.2, 0.25) is 0 Å². The molecule has 0 radical (unpaired) electrons. The second kappa shape index (κ2) is 15.5. The lowest BCUT2D eigenvalue weighted by Crippen LogP contribution is -2.42. The van der Waals surface area contributed by atoms with Crippen LogP contribution in [0.25, 0.3) is 6.08 Å². The molecule has 0 spiro atoms. The van der Waals surface area contributed by atoms with Gasteiger partial charge in [0.2, 0.25) is 11.9 Å². The summed E-state index contributed by atoms with van der Waals surface area (Å²) in [7, 11) is 2.80. The fourth-order valence-corrected chi connectivity index (χ4v) is 6.52. The lowest BCUT2D eigenvalue weighted by Gasteiger charge is -2.37. The maximum atomic E-state index is 14.7. The van der Waals surface area contributed by atoms with Gasteiger partial charge in [0.25, 0.3) is 0 Å². The molecule has 4 aromatic carbocycles. The van der Waals surface area contributed by atoms with E-state index >= 15 is 0 Å². The predicted molar refractivity (Wildman–Crippen MR) is 197 cm³/mol. The molecule has 6 rings (SSSR count). The number of phenols is 1. The molecule has 10 nitrogen and oxygen atoms in total. The SMILES string of the molecule is C=C(C)[C@@H](Cc1c2c(c(O)c3c1O[C@H](c1ccccc1)[C@@H](OC(=O)[C@H](OC)c1ccccc1)C3=O)C=CC(C)(C)O2)OC(=O)[C@H](OC)c1ccccc1. The third kappa shape index (κ3) is 7.60. The van der Waals surface area contributed by atoms with Gasteiger partial charge >= 0.3 is 11.9 Å². The van der Waals surface area contributed by atoms with Crippen LogP contribution in [-0.2, 0) is 35.0 Å². The van der Waals surface area contributed by atoms with Gasteiger partial charge in [-0.1, -0.05) is 97.6 Å². The molecule has 53 heavy (non-hydrogen) atoms. The Morgan fingerprint density at radius 1 is 0.849 bits per heavy atom. The first-order chi connectivity index (χ1) is 25.4. The summed E-state index contributed by atoms with van der Waals surface area (Å²) in [5, 5.41) is 11.8. The molecule has 5 atom stereocenters. The molecule has 2 heterocycles. The van der Waals surface area contributed by atoms with Gasteiger partial charge < -0.3 is 33.5 Å². The summed E-state index contributed by atoms with van der Waals surface area (Å²) in [6.45, 7) is 9.52. The van der Waals surface area contributed by atoms with Crippen molar-refractivity contribution in [3.05, 3.63) is 143 Å². The number of carbonyl (C=O) groups excluding carboxylic acids is 3. The molecule has 0 bridgehead atoms. The van der Waals surface area contributed by atoms with Gasteiger partial charge in [-0.25, -0.2) is 9.59 Å². The first-order valence-electron chi connectivity index (χ1n) is 17.2. The predicted octanol–water partition coefficient (Wildman–Crippen LogP) is 7.61. The molecular formula is C43H42O10. The smallest absolute Gasteiger partial charge is 0.340 e.